The molecule has 25 heavy (non-hydrogen) atoms. The van der Waals surface area contributed by atoms with E-state index in [1.54, 1.807) is 31.2 Å². The van der Waals surface area contributed by atoms with Crippen molar-refractivity contribution in [2.45, 2.75) is 6.92 Å². The Labute approximate surface area is 154 Å². The molecule has 1 aromatic carbocycles. The monoisotopic (exact) mass is 368 g/mol. The lowest BCUT2D eigenvalue weighted by atomic mass is 10.2. The van der Waals surface area contributed by atoms with Crippen LogP contribution in [0.1, 0.15) is 16.1 Å². The summed E-state index contributed by atoms with van der Waals surface area (Å²) in [6.07, 6.45) is 1.75. The molecule has 2 rings (SSSR count). The Hall–Kier alpha value is -2.09. The van der Waals surface area contributed by atoms with Crippen LogP contribution in [0.25, 0.3) is 5.69 Å². The Kier molecular flexibility index (Phi) is 8.98. The predicted molar refractivity (Wildman–Crippen MR) is 99.2 cm³/mol. The second-order valence-electron chi connectivity index (χ2n) is 5.32. The third-order valence-electron chi connectivity index (χ3n) is 3.47. The van der Waals surface area contributed by atoms with Gasteiger partial charge in [-0.05, 0) is 30.7 Å². The first kappa shape index (κ1) is 21.0. The van der Waals surface area contributed by atoms with Crippen LogP contribution in [0.2, 0.25) is 0 Å². The zero-order chi connectivity index (χ0) is 17.4. The molecule has 138 valence electrons. The summed E-state index contributed by atoms with van der Waals surface area (Å²) < 4.78 is 11.9. The molecule has 0 fully saturated rings. The highest BCUT2D eigenvalue weighted by Gasteiger charge is 2.12. The summed E-state index contributed by atoms with van der Waals surface area (Å²) in [6.45, 7) is 4.62. The van der Waals surface area contributed by atoms with Crippen LogP contribution in [0.3, 0.4) is 0 Å². The number of halogens is 1. The molecule has 1 amide bonds. The number of aromatic nitrogens is 2. The van der Waals surface area contributed by atoms with Crippen LogP contribution in [0.5, 0.6) is 5.75 Å². The van der Waals surface area contributed by atoms with Crippen LogP contribution in [0.15, 0.2) is 30.5 Å². The number of carbonyl (C=O) groups excluding carboxylic acids is 1. The third-order valence-corrected chi connectivity index (χ3v) is 3.47. The Morgan fingerprint density at radius 3 is 2.72 bits per heavy atom. The van der Waals surface area contributed by atoms with E-state index >= 15 is 0 Å². The molecule has 0 spiro atoms. The molecule has 0 aliphatic rings. The van der Waals surface area contributed by atoms with E-state index in [1.807, 2.05) is 25.1 Å². The van der Waals surface area contributed by atoms with E-state index in [4.69, 9.17) is 9.47 Å². The molecule has 2 N–H and O–H groups in total. The maximum absolute atomic E-state index is 12.1. The van der Waals surface area contributed by atoms with E-state index in [9.17, 15) is 4.79 Å². The molecule has 1 aromatic heterocycles. The van der Waals surface area contributed by atoms with Gasteiger partial charge >= 0.3 is 0 Å². The number of benzene rings is 1. The van der Waals surface area contributed by atoms with Gasteiger partial charge in [0.2, 0.25) is 0 Å². The van der Waals surface area contributed by atoms with Gasteiger partial charge in [-0.3, -0.25) is 4.79 Å². The summed E-state index contributed by atoms with van der Waals surface area (Å²) >= 11 is 0. The SMILES string of the molecule is COCCNCCNC(=O)c1ccn(-c2cc(C)ccc2OC)n1.Cl. The molecule has 0 atom stereocenters. The number of aryl methyl sites for hydroxylation is 1. The molecule has 0 saturated carbocycles. The summed E-state index contributed by atoms with van der Waals surface area (Å²) in [6, 6.07) is 7.51. The van der Waals surface area contributed by atoms with Gasteiger partial charge in [0.1, 0.15) is 11.4 Å². The molecule has 0 bridgehead atoms. The van der Waals surface area contributed by atoms with Crippen LogP contribution in [0, 0.1) is 6.92 Å². The number of nitrogens with zero attached hydrogens (tertiary/aromatic N) is 2. The average molecular weight is 369 g/mol. The number of nitrogens with one attached hydrogen (secondary N) is 2. The van der Waals surface area contributed by atoms with Crippen molar-refractivity contribution in [3.05, 3.63) is 41.7 Å². The van der Waals surface area contributed by atoms with Crippen molar-refractivity contribution < 1.29 is 14.3 Å². The second kappa shape index (κ2) is 10.7. The predicted octanol–water partition coefficient (Wildman–Crippen LogP) is 1.58. The van der Waals surface area contributed by atoms with E-state index in [2.05, 4.69) is 15.7 Å². The number of carbonyl (C=O) groups is 1. The minimum atomic E-state index is -0.200. The number of ether oxygens (including phenoxy) is 2. The minimum Gasteiger partial charge on any atom is -0.494 e. The van der Waals surface area contributed by atoms with Crippen LogP contribution < -0.4 is 15.4 Å². The molecular weight excluding hydrogens is 344 g/mol. The fourth-order valence-electron chi connectivity index (χ4n) is 2.21. The van der Waals surface area contributed by atoms with Gasteiger partial charge in [-0.2, -0.15) is 5.10 Å². The Balaban J connectivity index is 0.00000312. The summed E-state index contributed by atoms with van der Waals surface area (Å²) in [5.74, 6) is 0.506. The first-order chi connectivity index (χ1) is 11.7. The van der Waals surface area contributed by atoms with Crippen LogP contribution >= 0.6 is 12.4 Å². The van der Waals surface area contributed by atoms with Crippen molar-refractivity contribution in [2.24, 2.45) is 0 Å². The van der Waals surface area contributed by atoms with Gasteiger partial charge in [-0.15, -0.1) is 12.4 Å². The number of methoxy groups -OCH3 is 2. The fourth-order valence-corrected chi connectivity index (χ4v) is 2.21. The second-order valence-corrected chi connectivity index (χ2v) is 5.32. The van der Waals surface area contributed by atoms with Gasteiger partial charge in [-0.25, -0.2) is 4.68 Å². The van der Waals surface area contributed by atoms with Crippen LogP contribution in [-0.2, 0) is 4.74 Å². The molecule has 8 heteroatoms. The summed E-state index contributed by atoms with van der Waals surface area (Å²) in [5.41, 5.74) is 2.27. The summed E-state index contributed by atoms with van der Waals surface area (Å²) in [4.78, 5) is 12.1. The van der Waals surface area contributed by atoms with Crippen molar-refractivity contribution >= 4 is 18.3 Å². The molecule has 1 heterocycles. The van der Waals surface area contributed by atoms with Gasteiger partial charge in [0.05, 0.1) is 13.7 Å². The lowest BCUT2D eigenvalue weighted by Crippen LogP contribution is -2.33. The summed E-state index contributed by atoms with van der Waals surface area (Å²) in [7, 11) is 3.27. The van der Waals surface area contributed by atoms with Gasteiger partial charge in [0, 0.05) is 32.9 Å². The normalized spacial score (nSPS) is 10.2. The maximum Gasteiger partial charge on any atom is 0.271 e. The van der Waals surface area contributed by atoms with E-state index in [1.165, 1.54) is 0 Å². The first-order valence-electron chi connectivity index (χ1n) is 7.84. The highest BCUT2D eigenvalue weighted by molar-refractivity contribution is 5.92. The number of rotatable bonds is 9. The number of hydrogen-bond donors (Lipinski definition) is 2. The fraction of sp³-hybridized carbons (Fsp3) is 0.412. The Bertz CT molecular complexity index is 676. The quantitative estimate of drug-likeness (QED) is 0.657. The van der Waals surface area contributed by atoms with Crippen molar-refractivity contribution in [3.63, 3.8) is 0 Å². The number of hydrogen-bond acceptors (Lipinski definition) is 5. The Morgan fingerprint density at radius 2 is 2.00 bits per heavy atom. The molecule has 0 aliphatic heterocycles. The zero-order valence-electron chi connectivity index (χ0n) is 14.7. The van der Waals surface area contributed by atoms with Gasteiger partial charge < -0.3 is 20.1 Å². The topological polar surface area (TPSA) is 77.4 Å². The van der Waals surface area contributed by atoms with E-state index in [-0.39, 0.29) is 18.3 Å². The third kappa shape index (κ3) is 6.04. The molecule has 0 unspecified atom stereocenters. The van der Waals surface area contributed by atoms with Gasteiger partial charge in [-0.1, -0.05) is 6.07 Å². The first-order valence-corrected chi connectivity index (χ1v) is 7.84. The lowest BCUT2D eigenvalue weighted by Gasteiger charge is -2.09. The minimum absolute atomic E-state index is 0. The average Bonchev–Trinajstić information content (AvgIpc) is 3.08. The highest BCUT2D eigenvalue weighted by atomic mass is 35.5. The van der Waals surface area contributed by atoms with Crippen molar-refractivity contribution in [1.82, 2.24) is 20.4 Å². The molecular formula is C17H25ClN4O3. The molecule has 0 radical (unpaired) electrons. The van der Waals surface area contributed by atoms with E-state index < -0.39 is 0 Å². The summed E-state index contributed by atoms with van der Waals surface area (Å²) in [5, 5.41) is 10.3. The van der Waals surface area contributed by atoms with Crippen molar-refractivity contribution in [3.8, 4) is 11.4 Å². The molecule has 2 aromatic rings. The largest absolute Gasteiger partial charge is 0.494 e. The van der Waals surface area contributed by atoms with E-state index in [0.717, 1.165) is 17.8 Å². The maximum atomic E-state index is 12.1. The zero-order valence-corrected chi connectivity index (χ0v) is 15.6. The van der Waals surface area contributed by atoms with Crippen molar-refractivity contribution in [2.75, 3.05) is 40.5 Å². The van der Waals surface area contributed by atoms with Gasteiger partial charge in [0.15, 0.2) is 5.69 Å². The van der Waals surface area contributed by atoms with E-state index in [0.29, 0.717) is 31.1 Å². The smallest absolute Gasteiger partial charge is 0.271 e. The molecule has 0 aliphatic carbocycles. The highest BCUT2D eigenvalue weighted by Crippen LogP contribution is 2.23. The molecule has 7 nitrogen and oxygen atoms in total. The Morgan fingerprint density at radius 1 is 1.20 bits per heavy atom. The van der Waals surface area contributed by atoms with Crippen LogP contribution in [0.4, 0.5) is 0 Å². The van der Waals surface area contributed by atoms with Gasteiger partial charge in [0.25, 0.3) is 5.91 Å². The molecule has 0 saturated heterocycles. The lowest BCUT2D eigenvalue weighted by molar-refractivity contribution is 0.0948. The standard InChI is InChI=1S/C17H24N4O3.ClH/c1-13-4-5-16(24-3)15(12-13)21-10-6-14(20-21)17(22)19-8-7-18-9-11-23-2;/h4-6,10,12,18H,7-9,11H2,1-3H3,(H,19,22);1H. The number of amides is 1. The van der Waals surface area contributed by atoms with Crippen LogP contribution in [-0.4, -0.2) is 56.1 Å². The van der Waals surface area contributed by atoms with Crippen molar-refractivity contribution in [1.29, 1.82) is 0 Å².